The second-order valence-electron chi connectivity index (χ2n) is 2.01. The molecule has 0 saturated carbocycles. The molecule has 0 amide bonds. The number of nitrogens with zero attached hydrogens (tertiary/aromatic N) is 1. The SMILES string of the molecule is NC(N)=N[Si]c1ccccc1. The van der Waals surface area contributed by atoms with Gasteiger partial charge in [0.15, 0.2) is 5.96 Å². The molecule has 1 aromatic carbocycles. The van der Waals surface area contributed by atoms with Crippen LogP contribution < -0.4 is 16.7 Å². The van der Waals surface area contributed by atoms with Gasteiger partial charge in [-0.25, -0.2) is 0 Å². The van der Waals surface area contributed by atoms with E-state index in [-0.39, 0.29) is 5.96 Å². The molecular weight excluding hydrogens is 154 g/mol. The molecule has 0 fully saturated rings. The standard InChI is InChI=1S/C7H9N3Si/c8-7(9)10-11-6-4-2-1-3-5-6/h1-5H,(H4,8,9,10). The van der Waals surface area contributed by atoms with Gasteiger partial charge in [-0.15, -0.1) is 0 Å². The zero-order valence-electron chi connectivity index (χ0n) is 5.99. The van der Waals surface area contributed by atoms with Crippen molar-refractivity contribution < 1.29 is 0 Å². The maximum Gasteiger partial charge on any atom is 0.253 e. The molecule has 1 aromatic rings. The van der Waals surface area contributed by atoms with Crippen molar-refractivity contribution in [2.75, 3.05) is 0 Å². The average Bonchev–Trinajstić information content (AvgIpc) is 2.03. The third-order valence-electron chi connectivity index (χ3n) is 1.09. The molecule has 56 valence electrons. The minimum atomic E-state index is 0.146. The Morgan fingerprint density at radius 1 is 1.18 bits per heavy atom. The summed E-state index contributed by atoms with van der Waals surface area (Å²) in [4.78, 5) is 0. The van der Waals surface area contributed by atoms with Gasteiger partial charge in [-0.05, 0) is 5.19 Å². The highest BCUT2D eigenvalue weighted by atomic mass is 28.2. The summed E-state index contributed by atoms with van der Waals surface area (Å²) in [7, 11) is 0.323. The van der Waals surface area contributed by atoms with Gasteiger partial charge in [-0.2, -0.15) is 0 Å². The zero-order valence-corrected chi connectivity index (χ0v) is 6.99. The van der Waals surface area contributed by atoms with Gasteiger partial charge in [0.25, 0.3) is 9.68 Å². The first-order valence-electron chi connectivity index (χ1n) is 3.19. The predicted molar refractivity (Wildman–Crippen MR) is 47.6 cm³/mol. The smallest absolute Gasteiger partial charge is 0.253 e. The summed E-state index contributed by atoms with van der Waals surface area (Å²) in [6.45, 7) is 0. The minimum absolute atomic E-state index is 0.146. The molecule has 0 atom stereocenters. The maximum absolute atomic E-state index is 5.17. The van der Waals surface area contributed by atoms with Crippen LogP contribution in [0.5, 0.6) is 0 Å². The Kier molecular flexibility index (Phi) is 2.68. The Morgan fingerprint density at radius 3 is 2.36 bits per heavy atom. The first kappa shape index (κ1) is 7.81. The zero-order chi connectivity index (χ0) is 8.10. The molecule has 3 nitrogen and oxygen atoms in total. The largest absolute Gasteiger partial charge is 0.371 e. The van der Waals surface area contributed by atoms with Crippen molar-refractivity contribution in [2.24, 2.45) is 16.1 Å². The maximum atomic E-state index is 5.17. The quantitative estimate of drug-likeness (QED) is 0.341. The number of hydrogen-bond acceptors (Lipinski definition) is 1. The van der Waals surface area contributed by atoms with Gasteiger partial charge in [0.05, 0.1) is 0 Å². The number of benzene rings is 1. The van der Waals surface area contributed by atoms with Gasteiger partial charge < -0.3 is 11.5 Å². The van der Waals surface area contributed by atoms with E-state index in [0.29, 0.717) is 9.68 Å². The number of nitrogens with two attached hydrogens (primary N) is 2. The Hall–Kier alpha value is -1.29. The van der Waals surface area contributed by atoms with Crippen LogP contribution in [-0.4, -0.2) is 15.6 Å². The van der Waals surface area contributed by atoms with E-state index in [1.807, 2.05) is 30.3 Å². The van der Waals surface area contributed by atoms with Gasteiger partial charge in [-0.1, -0.05) is 30.3 Å². The highest BCUT2D eigenvalue weighted by Gasteiger charge is 1.90. The molecule has 0 aliphatic rings. The van der Waals surface area contributed by atoms with Crippen LogP contribution in [0.2, 0.25) is 0 Å². The fourth-order valence-electron chi connectivity index (χ4n) is 0.642. The lowest BCUT2D eigenvalue weighted by molar-refractivity contribution is 1.52. The lowest BCUT2D eigenvalue weighted by atomic mass is 10.4. The van der Waals surface area contributed by atoms with E-state index in [1.54, 1.807) is 0 Å². The highest BCUT2D eigenvalue weighted by Crippen LogP contribution is 1.80. The monoisotopic (exact) mass is 163 g/mol. The molecule has 0 aliphatic heterocycles. The van der Waals surface area contributed by atoms with Crippen LogP contribution in [0.15, 0.2) is 35.0 Å². The summed E-state index contributed by atoms with van der Waals surface area (Å²) in [5.41, 5.74) is 10.3. The highest BCUT2D eigenvalue weighted by molar-refractivity contribution is 6.53. The normalized spacial score (nSPS) is 9.09. The second-order valence-corrected chi connectivity index (χ2v) is 3.04. The lowest BCUT2D eigenvalue weighted by Crippen LogP contribution is -2.26. The average molecular weight is 163 g/mol. The van der Waals surface area contributed by atoms with E-state index in [9.17, 15) is 0 Å². The van der Waals surface area contributed by atoms with Crippen LogP contribution in [0.4, 0.5) is 0 Å². The number of guanidine groups is 1. The second kappa shape index (κ2) is 3.77. The fourth-order valence-corrected chi connectivity index (χ4v) is 1.24. The molecule has 1 rings (SSSR count). The van der Waals surface area contributed by atoms with Crippen LogP contribution in [0.25, 0.3) is 0 Å². The van der Waals surface area contributed by atoms with Gasteiger partial charge >= 0.3 is 0 Å². The molecule has 4 N–H and O–H groups in total. The van der Waals surface area contributed by atoms with Gasteiger partial charge in [0.2, 0.25) is 0 Å². The predicted octanol–water partition coefficient (Wildman–Crippen LogP) is -0.795. The molecule has 0 unspecified atom stereocenters. The number of rotatable bonds is 2. The lowest BCUT2D eigenvalue weighted by Gasteiger charge is -1.92. The van der Waals surface area contributed by atoms with Crippen LogP contribution in [0.1, 0.15) is 0 Å². The van der Waals surface area contributed by atoms with Crippen molar-refractivity contribution in [1.29, 1.82) is 0 Å². The fraction of sp³-hybridized carbons (Fsp3) is 0. The molecule has 0 saturated heterocycles. The summed E-state index contributed by atoms with van der Waals surface area (Å²) >= 11 is 0. The van der Waals surface area contributed by atoms with E-state index >= 15 is 0 Å². The summed E-state index contributed by atoms with van der Waals surface area (Å²) in [5.74, 6) is 0.146. The van der Waals surface area contributed by atoms with Crippen molar-refractivity contribution in [3.05, 3.63) is 30.3 Å². The van der Waals surface area contributed by atoms with Crippen molar-refractivity contribution in [1.82, 2.24) is 0 Å². The van der Waals surface area contributed by atoms with Gasteiger partial charge in [-0.3, -0.25) is 4.66 Å². The molecule has 4 heteroatoms. The van der Waals surface area contributed by atoms with E-state index in [0.717, 1.165) is 5.19 Å². The minimum Gasteiger partial charge on any atom is -0.371 e. The van der Waals surface area contributed by atoms with Gasteiger partial charge in [0, 0.05) is 0 Å². The Balaban J connectivity index is 2.59. The van der Waals surface area contributed by atoms with Crippen molar-refractivity contribution in [2.45, 2.75) is 0 Å². The van der Waals surface area contributed by atoms with Crippen molar-refractivity contribution in [3.8, 4) is 0 Å². The molecule has 2 radical (unpaired) electrons. The summed E-state index contributed by atoms with van der Waals surface area (Å²) in [5, 5.41) is 1.14. The van der Waals surface area contributed by atoms with Crippen LogP contribution >= 0.6 is 0 Å². The third kappa shape index (κ3) is 2.86. The van der Waals surface area contributed by atoms with Gasteiger partial charge in [0.1, 0.15) is 0 Å². The molecule has 0 aromatic heterocycles. The third-order valence-corrected chi connectivity index (χ3v) is 2.05. The first-order chi connectivity index (χ1) is 5.29. The van der Waals surface area contributed by atoms with E-state index in [2.05, 4.69) is 4.66 Å². The molecular formula is C7H9N3Si. The summed E-state index contributed by atoms with van der Waals surface area (Å²) in [6.07, 6.45) is 0. The topological polar surface area (TPSA) is 64.4 Å². The van der Waals surface area contributed by atoms with Crippen LogP contribution in [-0.2, 0) is 0 Å². The Labute approximate surface area is 68.0 Å². The molecule has 0 bridgehead atoms. The van der Waals surface area contributed by atoms with Crippen LogP contribution in [0.3, 0.4) is 0 Å². The van der Waals surface area contributed by atoms with E-state index < -0.39 is 0 Å². The van der Waals surface area contributed by atoms with Crippen molar-refractivity contribution >= 4 is 20.8 Å². The van der Waals surface area contributed by atoms with Crippen LogP contribution in [0, 0.1) is 0 Å². The molecule has 0 heterocycles. The Morgan fingerprint density at radius 2 is 1.82 bits per heavy atom. The van der Waals surface area contributed by atoms with E-state index in [4.69, 9.17) is 11.5 Å². The van der Waals surface area contributed by atoms with E-state index in [1.165, 1.54) is 0 Å². The summed E-state index contributed by atoms with van der Waals surface area (Å²) < 4.78 is 3.89. The van der Waals surface area contributed by atoms with Crippen molar-refractivity contribution in [3.63, 3.8) is 0 Å². The summed E-state index contributed by atoms with van der Waals surface area (Å²) in [6, 6.07) is 9.87. The number of hydrogen-bond donors (Lipinski definition) is 2. The molecule has 11 heavy (non-hydrogen) atoms. The molecule has 0 aliphatic carbocycles. The molecule has 0 spiro atoms. The Bertz CT molecular complexity index is 241. The first-order valence-corrected chi connectivity index (χ1v) is 4.13.